The molecule has 0 radical (unpaired) electrons. The third kappa shape index (κ3) is 9.45. The highest BCUT2D eigenvalue weighted by Crippen LogP contribution is 2.12. The Morgan fingerprint density at radius 2 is 2.00 bits per heavy atom. The van der Waals surface area contributed by atoms with Crippen LogP contribution in [0.25, 0.3) is 0 Å². The first kappa shape index (κ1) is 21.4. The number of unbranched alkanes of at least 4 members (excludes halogenated alkanes) is 1. The summed E-state index contributed by atoms with van der Waals surface area (Å²) < 4.78 is 29.9. The molecule has 7 heteroatoms. The predicted molar refractivity (Wildman–Crippen MR) is 100 cm³/mol. The van der Waals surface area contributed by atoms with Crippen molar-refractivity contribution in [2.45, 2.75) is 39.5 Å². The molecule has 0 aromatic heterocycles. The molecule has 25 heavy (non-hydrogen) atoms. The van der Waals surface area contributed by atoms with E-state index in [4.69, 9.17) is 4.74 Å². The smallest absolute Gasteiger partial charge is 0.219 e. The van der Waals surface area contributed by atoms with Gasteiger partial charge in [-0.15, -0.1) is 0 Å². The molecule has 0 saturated carbocycles. The molecule has 0 aliphatic heterocycles. The van der Waals surface area contributed by atoms with Crippen LogP contribution in [0.2, 0.25) is 0 Å². The third-order valence-corrected chi connectivity index (χ3v) is 5.16. The predicted octanol–water partition coefficient (Wildman–Crippen LogP) is 2.33. The minimum Gasteiger partial charge on any atom is -0.494 e. The van der Waals surface area contributed by atoms with Crippen molar-refractivity contribution in [1.82, 2.24) is 9.62 Å². The average molecular weight is 371 g/mol. The lowest BCUT2D eigenvalue weighted by atomic mass is 10.2. The second-order valence-electron chi connectivity index (χ2n) is 6.08. The number of aryl methyl sites for hydroxylation is 1. The van der Waals surface area contributed by atoms with E-state index in [-0.39, 0.29) is 5.91 Å². The van der Waals surface area contributed by atoms with Gasteiger partial charge in [0, 0.05) is 26.1 Å². The van der Waals surface area contributed by atoms with E-state index in [1.54, 1.807) is 6.92 Å². The Morgan fingerprint density at radius 1 is 1.24 bits per heavy atom. The van der Waals surface area contributed by atoms with Crippen molar-refractivity contribution in [3.8, 4) is 5.75 Å². The SMILES string of the molecule is CCN(CCCNC(=O)CCCCOc1cccc(C)c1)S(C)(=O)=O. The van der Waals surface area contributed by atoms with Crippen LogP contribution in [0.5, 0.6) is 5.75 Å². The monoisotopic (exact) mass is 370 g/mol. The summed E-state index contributed by atoms with van der Waals surface area (Å²) >= 11 is 0. The zero-order chi connectivity index (χ0) is 18.7. The van der Waals surface area contributed by atoms with Crippen molar-refractivity contribution in [2.24, 2.45) is 0 Å². The first-order chi connectivity index (χ1) is 11.8. The van der Waals surface area contributed by atoms with Crippen LogP contribution in [-0.2, 0) is 14.8 Å². The lowest BCUT2D eigenvalue weighted by Gasteiger charge is -2.17. The number of hydrogen-bond donors (Lipinski definition) is 1. The number of rotatable bonds is 12. The van der Waals surface area contributed by atoms with Gasteiger partial charge in [0.1, 0.15) is 5.75 Å². The summed E-state index contributed by atoms with van der Waals surface area (Å²) in [5, 5.41) is 2.83. The largest absolute Gasteiger partial charge is 0.494 e. The third-order valence-electron chi connectivity index (χ3n) is 3.78. The standard InChI is InChI=1S/C18H30N2O4S/c1-4-20(25(3,22)23)13-8-12-19-18(21)11-5-6-14-24-17-10-7-9-16(2)15-17/h7,9-10,15H,4-6,8,11-14H2,1-3H3,(H,19,21). The molecule has 1 aromatic carbocycles. The maximum Gasteiger partial charge on any atom is 0.219 e. The van der Waals surface area contributed by atoms with Gasteiger partial charge in [-0.25, -0.2) is 12.7 Å². The average Bonchev–Trinajstić information content (AvgIpc) is 2.53. The molecule has 1 amide bonds. The number of ether oxygens (including phenoxy) is 1. The molecule has 0 saturated heterocycles. The Labute approximate surface area is 151 Å². The summed E-state index contributed by atoms with van der Waals surface area (Å²) in [6.45, 7) is 5.79. The van der Waals surface area contributed by atoms with Crippen LogP contribution in [0.4, 0.5) is 0 Å². The summed E-state index contributed by atoms with van der Waals surface area (Å²) in [6, 6.07) is 7.90. The Bertz CT molecular complexity index is 632. The fraction of sp³-hybridized carbons (Fsp3) is 0.611. The molecular formula is C18H30N2O4S. The molecule has 0 fully saturated rings. The van der Waals surface area contributed by atoms with E-state index in [2.05, 4.69) is 5.32 Å². The van der Waals surface area contributed by atoms with Crippen LogP contribution in [0.1, 0.15) is 38.2 Å². The maximum atomic E-state index is 11.7. The van der Waals surface area contributed by atoms with Gasteiger partial charge in [-0.05, 0) is 43.9 Å². The second-order valence-corrected chi connectivity index (χ2v) is 8.06. The quantitative estimate of drug-likeness (QED) is 0.573. The Balaban J connectivity index is 2.07. The molecule has 142 valence electrons. The van der Waals surface area contributed by atoms with Gasteiger partial charge < -0.3 is 10.1 Å². The number of nitrogens with one attached hydrogen (secondary N) is 1. The van der Waals surface area contributed by atoms with Crippen LogP contribution in [0, 0.1) is 6.92 Å². The number of nitrogens with zero attached hydrogens (tertiary/aromatic N) is 1. The Morgan fingerprint density at radius 3 is 2.64 bits per heavy atom. The molecule has 1 N–H and O–H groups in total. The number of hydrogen-bond acceptors (Lipinski definition) is 4. The van der Waals surface area contributed by atoms with Crippen LogP contribution >= 0.6 is 0 Å². The topological polar surface area (TPSA) is 75.7 Å². The van der Waals surface area contributed by atoms with E-state index < -0.39 is 10.0 Å². The van der Waals surface area contributed by atoms with Gasteiger partial charge in [-0.2, -0.15) is 0 Å². The molecule has 0 spiro atoms. The molecular weight excluding hydrogens is 340 g/mol. The van der Waals surface area contributed by atoms with Crippen LogP contribution in [0.15, 0.2) is 24.3 Å². The number of carbonyl (C=O) groups is 1. The number of benzene rings is 1. The van der Waals surface area contributed by atoms with Gasteiger partial charge in [0.05, 0.1) is 12.9 Å². The maximum absolute atomic E-state index is 11.7. The van der Waals surface area contributed by atoms with E-state index in [1.807, 2.05) is 31.2 Å². The minimum absolute atomic E-state index is 0.00189. The van der Waals surface area contributed by atoms with E-state index in [0.29, 0.717) is 39.1 Å². The van der Waals surface area contributed by atoms with Crippen molar-refractivity contribution < 1.29 is 17.9 Å². The van der Waals surface area contributed by atoms with Gasteiger partial charge in [-0.1, -0.05) is 19.1 Å². The normalized spacial score (nSPS) is 11.5. The van der Waals surface area contributed by atoms with E-state index >= 15 is 0 Å². The van der Waals surface area contributed by atoms with Crippen LogP contribution < -0.4 is 10.1 Å². The van der Waals surface area contributed by atoms with Gasteiger partial charge in [0.15, 0.2) is 0 Å². The first-order valence-electron chi connectivity index (χ1n) is 8.74. The first-order valence-corrected chi connectivity index (χ1v) is 10.6. The highest BCUT2D eigenvalue weighted by molar-refractivity contribution is 7.88. The van der Waals surface area contributed by atoms with Crippen molar-refractivity contribution in [3.63, 3.8) is 0 Å². The molecule has 0 aliphatic rings. The van der Waals surface area contributed by atoms with Crippen LogP contribution in [-0.4, -0.2) is 51.1 Å². The molecule has 6 nitrogen and oxygen atoms in total. The number of amides is 1. The summed E-state index contributed by atoms with van der Waals surface area (Å²) in [6.07, 6.45) is 3.86. The lowest BCUT2D eigenvalue weighted by molar-refractivity contribution is -0.121. The summed E-state index contributed by atoms with van der Waals surface area (Å²) in [5.41, 5.74) is 1.16. The molecule has 0 heterocycles. The number of carbonyl (C=O) groups excluding carboxylic acids is 1. The fourth-order valence-electron chi connectivity index (χ4n) is 2.41. The zero-order valence-corrected chi connectivity index (χ0v) is 16.3. The fourth-order valence-corrected chi connectivity index (χ4v) is 3.34. The molecule has 1 rings (SSSR count). The molecule has 0 atom stereocenters. The Hall–Kier alpha value is -1.60. The number of sulfonamides is 1. The summed E-state index contributed by atoms with van der Waals surface area (Å²) in [4.78, 5) is 11.7. The summed E-state index contributed by atoms with van der Waals surface area (Å²) in [5.74, 6) is 0.855. The van der Waals surface area contributed by atoms with Crippen molar-refractivity contribution in [3.05, 3.63) is 29.8 Å². The zero-order valence-electron chi connectivity index (χ0n) is 15.5. The Kier molecular flexibility index (Phi) is 9.52. The summed E-state index contributed by atoms with van der Waals surface area (Å²) in [7, 11) is -3.16. The molecule has 1 aromatic rings. The van der Waals surface area contributed by atoms with Gasteiger partial charge >= 0.3 is 0 Å². The highest BCUT2D eigenvalue weighted by atomic mass is 32.2. The van der Waals surface area contributed by atoms with Gasteiger partial charge in [-0.3, -0.25) is 4.79 Å². The van der Waals surface area contributed by atoms with E-state index in [1.165, 1.54) is 10.6 Å². The molecule has 0 bridgehead atoms. The highest BCUT2D eigenvalue weighted by Gasteiger charge is 2.13. The van der Waals surface area contributed by atoms with Crippen LogP contribution in [0.3, 0.4) is 0 Å². The van der Waals surface area contributed by atoms with E-state index in [9.17, 15) is 13.2 Å². The van der Waals surface area contributed by atoms with E-state index in [0.717, 1.165) is 24.2 Å². The van der Waals surface area contributed by atoms with Crippen molar-refractivity contribution in [2.75, 3.05) is 32.5 Å². The van der Waals surface area contributed by atoms with Crippen molar-refractivity contribution in [1.29, 1.82) is 0 Å². The second kappa shape index (κ2) is 11.1. The molecule has 0 aliphatic carbocycles. The molecule has 0 unspecified atom stereocenters. The van der Waals surface area contributed by atoms with Gasteiger partial charge in [0.25, 0.3) is 0 Å². The lowest BCUT2D eigenvalue weighted by Crippen LogP contribution is -2.33. The van der Waals surface area contributed by atoms with Crippen molar-refractivity contribution >= 4 is 15.9 Å². The minimum atomic E-state index is -3.16. The van der Waals surface area contributed by atoms with Gasteiger partial charge in [0.2, 0.25) is 15.9 Å².